The van der Waals surface area contributed by atoms with E-state index in [2.05, 4.69) is 60.0 Å². The quantitative estimate of drug-likeness (QED) is 0.436. The lowest BCUT2D eigenvalue weighted by atomic mass is 10.2. The van der Waals surface area contributed by atoms with Crippen molar-refractivity contribution < 1.29 is 4.57 Å². The maximum absolute atomic E-state index is 4.68. The van der Waals surface area contributed by atoms with E-state index in [1.165, 1.54) is 16.6 Å². The third-order valence-corrected chi connectivity index (χ3v) is 4.96. The second-order valence-electron chi connectivity index (χ2n) is 6.32. The van der Waals surface area contributed by atoms with E-state index in [4.69, 9.17) is 0 Å². The topological polar surface area (TPSA) is 39.0 Å². The first-order valence-corrected chi connectivity index (χ1v) is 8.30. The summed E-state index contributed by atoms with van der Waals surface area (Å²) in [5.74, 6) is 1.14. The van der Waals surface area contributed by atoms with Gasteiger partial charge in [-0.05, 0) is 18.2 Å². The van der Waals surface area contributed by atoms with E-state index in [0.717, 1.165) is 29.3 Å². The van der Waals surface area contributed by atoms with E-state index < -0.39 is 0 Å². The van der Waals surface area contributed by atoms with Crippen molar-refractivity contribution in [3.8, 4) is 17.2 Å². The van der Waals surface area contributed by atoms with Crippen LogP contribution in [0.2, 0.25) is 0 Å². The molecular formula is C20H14N5+. The van der Waals surface area contributed by atoms with Crippen LogP contribution in [0.25, 0.3) is 33.8 Å². The Morgan fingerprint density at radius 1 is 0.960 bits per heavy atom. The Morgan fingerprint density at radius 3 is 2.80 bits per heavy atom. The van der Waals surface area contributed by atoms with Crippen molar-refractivity contribution in [1.82, 2.24) is 18.9 Å². The van der Waals surface area contributed by atoms with Gasteiger partial charge in [0.1, 0.15) is 17.7 Å². The van der Waals surface area contributed by atoms with Gasteiger partial charge in [0, 0.05) is 24.2 Å². The SMILES string of the molecule is c1ccc(-n2c3[n+](c4c2cn2ccncc42)Cc2cccnc2-3)cc1. The fraction of sp³-hybridized carbons (Fsp3) is 0.0500. The van der Waals surface area contributed by atoms with E-state index in [-0.39, 0.29) is 0 Å². The summed E-state index contributed by atoms with van der Waals surface area (Å²) in [6, 6.07) is 14.6. The van der Waals surface area contributed by atoms with Crippen molar-refractivity contribution in [1.29, 1.82) is 0 Å². The average molecular weight is 324 g/mol. The van der Waals surface area contributed by atoms with E-state index in [9.17, 15) is 0 Å². The van der Waals surface area contributed by atoms with Gasteiger partial charge in [-0.1, -0.05) is 24.3 Å². The number of rotatable bonds is 1. The van der Waals surface area contributed by atoms with Gasteiger partial charge >= 0.3 is 5.82 Å². The number of nitrogens with zero attached hydrogens (tertiary/aromatic N) is 5. The van der Waals surface area contributed by atoms with Crippen LogP contribution in [-0.4, -0.2) is 18.9 Å². The summed E-state index contributed by atoms with van der Waals surface area (Å²) in [7, 11) is 0. The molecule has 1 aliphatic rings. The predicted octanol–water partition coefficient (Wildman–Crippen LogP) is 2.99. The molecule has 0 unspecified atom stereocenters. The molecule has 5 heterocycles. The summed E-state index contributed by atoms with van der Waals surface area (Å²) < 4.78 is 6.80. The van der Waals surface area contributed by atoms with Crippen LogP contribution in [0, 0.1) is 0 Å². The van der Waals surface area contributed by atoms with Crippen LogP contribution >= 0.6 is 0 Å². The number of fused-ring (bicyclic) bond motifs is 7. The highest BCUT2D eigenvalue weighted by Crippen LogP contribution is 2.34. The third-order valence-electron chi connectivity index (χ3n) is 4.96. The zero-order chi connectivity index (χ0) is 16.4. The minimum absolute atomic E-state index is 0.837. The third kappa shape index (κ3) is 1.59. The molecule has 1 aliphatic heterocycles. The molecule has 0 N–H and O–H groups in total. The van der Waals surface area contributed by atoms with Crippen LogP contribution in [-0.2, 0) is 6.54 Å². The number of hydrogen-bond donors (Lipinski definition) is 0. The van der Waals surface area contributed by atoms with Gasteiger partial charge in [-0.2, -0.15) is 4.57 Å². The summed E-state index contributed by atoms with van der Waals surface area (Å²) >= 11 is 0. The number of pyridine rings is 1. The molecule has 1 aromatic carbocycles. The predicted molar refractivity (Wildman–Crippen MR) is 94.6 cm³/mol. The Kier molecular flexibility index (Phi) is 2.34. The van der Waals surface area contributed by atoms with Crippen molar-refractivity contribution in [2.24, 2.45) is 0 Å². The monoisotopic (exact) mass is 324 g/mol. The number of hydrogen-bond acceptors (Lipinski definition) is 2. The maximum atomic E-state index is 4.68. The molecule has 118 valence electrons. The molecule has 0 saturated heterocycles. The molecule has 0 bridgehead atoms. The Hall–Kier alpha value is -3.47. The molecule has 0 amide bonds. The van der Waals surface area contributed by atoms with Crippen molar-refractivity contribution >= 4 is 16.6 Å². The largest absolute Gasteiger partial charge is 0.314 e. The van der Waals surface area contributed by atoms with Gasteiger partial charge in [-0.3, -0.25) is 4.98 Å². The minimum atomic E-state index is 0.837. The number of benzene rings is 1. The summed E-state index contributed by atoms with van der Waals surface area (Å²) in [6.45, 7) is 0.837. The van der Waals surface area contributed by atoms with Gasteiger partial charge < -0.3 is 4.40 Å². The van der Waals surface area contributed by atoms with E-state index >= 15 is 0 Å². The van der Waals surface area contributed by atoms with Gasteiger partial charge in [0.15, 0.2) is 11.2 Å². The molecule has 6 rings (SSSR count). The summed E-state index contributed by atoms with van der Waals surface area (Å²) in [6.07, 6.45) is 9.79. The van der Waals surface area contributed by atoms with Crippen LogP contribution in [0.5, 0.6) is 0 Å². The number of imidazole rings is 1. The minimum Gasteiger partial charge on any atom is -0.313 e. The molecule has 5 nitrogen and oxygen atoms in total. The van der Waals surface area contributed by atoms with E-state index in [1.807, 2.05) is 36.9 Å². The fourth-order valence-electron chi connectivity index (χ4n) is 3.94. The number of para-hydroxylation sites is 1. The number of aromatic nitrogens is 5. The molecule has 4 aromatic heterocycles. The molecule has 5 heteroatoms. The first-order valence-electron chi connectivity index (χ1n) is 8.30. The van der Waals surface area contributed by atoms with E-state index in [0.29, 0.717) is 0 Å². The molecule has 0 atom stereocenters. The Morgan fingerprint density at radius 2 is 1.88 bits per heavy atom. The van der Waals surface area contributed by atoms with Crippen molar-refractivity contribution in [3.05, 3.63) is 79.0 Å². The first-order chi connectivity index (χ1) is 12.4. The van der Waals surface area contributed by atoms with Crippen LogP contribution in [0.15, 0.2) is 73.4 Å². The van der Waals surface area contributed by atoms with Crippen LogP contribution in [0.4, 0.5) is 0 Å². The highest BCUT2D eigenvalue weighted by atomic mass is 15.2. The Bertz CT molecular complexity index is 1260. The molecule has 5 aromatic rings. The molecule has 25 heavy (non-hydrogen) atoms. The fourth-order valence-corrected chi connectivity index (χ4v) is 3.94. The molecule has 0 fully saturated rings. The summed E-state index contributed by atoms with van der Waals surface area (Å²) in [4.78, 5) is 9.01. The van der Waals surface area contributed by atoms with Crippen LogP contribution < -0.4 is 4.57 Å². The average Bonchev–Trinajstić information content (AvgIpc) is 3.29. The van der Waals surface area contributed by atoms with Crippen LogP contribution in [0.3, 0.4) is 0 Å². The zero-order valence-electron chi connectivity index (χ0n) is 13.4. The molecule has 0 saturated carbocycles. The lowest BCUT2D eigenvalue weighted by Gasteiger charge is -2.00. The Labute approximate surface area is 143 Å². The smallest absolute Gasteiger partial charge is 0.313 e. The van der Waals surface area contributed by atoms with Gasteiger partial charge in [0.25, 0.3) is 0 Å². The molecule has 0 spiro atoms. The van der Waals surface area contributed by atoms with Gasteiger partial charge in [0.2, 0.25) is 5.52 Å². The molecule has 0 radical (unpaired) electrons. The van der Waals surface area contributed by atoms with Crippen molar-refractivity contribution in [2.75, 3.05) is 0 Å². The maximum Gasteiger partial charge on any atom is 0.314 e. The van der Waals surface area contributed by atoms with Gasteiger partial charge in [-0.25, -0.2) is 9.55 Å². The normalized spacial score (nSPS) is 12.6. The Balaban J connectivity index is 1.83. The van der Waals surface area contributed by atoms with Crippen molar-refractivity contribution in [3.63, 3.8) is 0 Å². The second kappa shape index (κ2) is 4.54. The first kappa shape index (κ1) is 12.9. The molecule has 0 aliphatic carbocycles. The van der Waals surface area contributed by atoms with Crippen LogP contribution in [0.1, 0.15) is 5.56 Å². The second-order valence-corrected chi connectivity index (χ2v) is 6.32. The molecular weight excluding hydrogens is 310 g/mol. The van der Waals surface area contributed by atoms with Gasteiger partial charge in [-0.15, -0.1) is 0 Å². The summed E-state index contributed by atoms with van der Waals surface area (Å²) in [5.41, 5.74) is 6.94. The standard InChI is InChI=1S/C20H14N5/c1-2-6-15(7-3-1)25-17-13-23-10-9-21-11-16(23)19(17)24-12-14-5-4-8-22-18(14)20(24)25/h1-11,13H,12H2/q+1. The lowest BCUT2D eigenvalue weighted by Crippen LogP contribution is -2.31. The summed E-state index contributed by atoms with van der Waals surface area (Å²) in [5, 5.41) is 0. The lowest BCUT2D eigenvalue weighted by molar-refractivity contribution is -0.645. The highest BCUT2D eigenvalue weighted by Gasteiger charge is 2.37. The van der Waals surface area contributed by atoms with Crippen molar-refractivity contribution in [2.45, 2.75) is 6.54 Å². The van der Waals surface area contributed by atoms with E-state index in [1.54, 1.807) is 0 Å². The van der Waals surface area contributed by atoms with Gasteiger partial charge in [0.05, 0.1) is 12.4 Å². The zero-order valence-corrected chi connectivity index (χ0v) is 13.4. The highest BCUT2D eigenvalue weighted by molar-refractivity contribution is 5.92.